The molecule has 0 spiro atoms. The van der Waals surface area contributed by atoms with Gasteiger partial charge in [-0.3, -0.25) is 14.6 Å². The van der Waals surface area contributed by atoms with Crippen molar-refractivity contribution in [1.82, 2.24) is 0 Å². The molecule has 0 radical (unpaired) electrons. The maximum Gasteiger partial charge on any atom is 0.451 e. The summed E-state index contributed by atoms with van der Waals surface area (Å²) in [4.78, 5) is 27.5. The molecular formula is C15H9ClF3NO2S. The lowest BCUT2D eigenvalue weighted by Crippen LogP contribution is -2.36. The van der Waals surface area contributed by atoms with Gasteiger partial charge in [-0.15, -0.1) is 11.3 Å². The van der Waals surface area contributed by atoms with E-state index >= 15 is 0 Å². The second-order valence-electron chi connectivity index (χ2n) is 4.44. The summed E-state index contributed by atoms with van der Waals surface area (Å²) in [6.07, 6.45) is -4.42. The first-order chi connectivity index (χ1) is 10.8. The number of thiophene rings is 1. The van der Waals surface area contributed by atoms with Gasteiger partial charge in [0.1, 0.15) is 5.92 Å². The van der Waals surface area contributed by atoms with Gasteiger partial charge in [-0.1, -0.05) is 23.7 Å². The molecule has 0 bridgehead atoms. The third-order valence-corrected chi connectivity index (χ3v) is 3.91. The number of carbonyl (C=O) groups excluding carboxylic acids is 2. The third kappa shape index (κ3) is 4.49. The molecule has 0 fully saturated rings. The molecule has 3 nitrogen and oxygen atoms in total. The van der Waals surface area contributed by atoms with Crippen LogP contribution in [0.1, 0.15) is 9.67 Å². The fourth-order valence-electron chi connectivity index (χ4n) is 1.72. The average molecular weight is 360 g/mol. The molecular weight excluding hydrogens is 351 g/mol. The summed E-state index contributed by atoms with van der Waals surface area (Å²) in [5.41, 5.74) is 0.247. The number of alkyl halides is 3. The van der Waals surface area contributed by atoms with Crippen molar-refractivity contribution in [2.45, 2.75) is 6.18 Å². The minimum atomic E-state index is -5.13. The van der Waals surface area contributed by atoms with Crippen molar-refractivity contribution in [2.75, 3.05) is 0 Å². The summed E-state index contributed by atoms with van der Waals surface area (Å²) < 4.78 is 38.1. The van der Waals surface area contributed by atoms with Crippen LogP contribution in [0.5, 0.6) is 0 Å². The summed E-state index contributed by atoms with van der Waals surface area (Å²) in [7, 11) is 0. The van der Waals surface area contributed by atoms with E-state index in [-0.39, 0.29) is 10.6 Å². The van der Waals surface area contributed by atoms with E-state index in [1.54, 1.807) is 12.1 Å². The number of hydrogen-bond acceptors (Lipinski definition) is 4. The van der Waals surface area contributed by atoms with Crippen molar-refractivity contribution in [3.8, 4) is 0 Å². The Morgan fingerprint density at radius 3 is 2.52 bits per heavy atom. The van der Waals surface area contributed by atoms with Crippen LogP contribution in [-0.4, -0.2) is 24.0 Å². The Labute approximate surface area is 138 Å². The molecule has 1 atom stereocenters. The fraction of sp³-hybridized carbons (Fsp3) is 0.133. The lowest BCUT2D eigenvalue weighted by Gasteiger charge is -2.11. The van der Waals surface area contributed by atoms with Crippen LogP contribution in [0.4, 0.5) is 18.9 Å². The smallest absolute Gasteiger partial charge is 0.292 e. The maximum absolute atomic E-state index is 12.7. The summed E-state index contributed by atoms with van der Waals surface area (Å²) in [5.74, 6) is -5.11. The molecule has 0 aliphatic heterocycles. The van der Waals surface area contributed by atoms with Crippen molar-refractivity contribution in [3.63, 3.8) is 0 Å². The number of nitrogens with zero attached hydrogens (tertiary/aromatic N) is 1. The molecule has 23 heavy (non-hydrogen) atoms. The maximum atomic E-state index is 12.7. The van der Waals surface area contributed by atoms with Gasteiger partial charge < -0.3 is 0 Å². The fourth-order valence-corrected chi connectivity index (χ4v) is 2.61. The molecule has 1 aromatic heterocycles. The van der Waals surface area contributed by atoms with Crippen LogP contribution in [-0.2, 0) is 4.79 Å². The summed E-state index contributed by atoms with van der Waals surface area (Å²) in [5, 5.41) is 1.87. The predicted octanol–water partition coefficient (Wildman–Crippen LogP) is 4.73. The Hall–Kier alpha value is -1.99. The molecule has 1 unspecified atom stereocenters. The highest BCUT2D eigenvalue weighted by Crippen LogP contribution is 2.25. The minimum Gasteiger partial charge on any atom is -0.292 e. The van der Waals surface area contributed by atoms with Crippen molar-refractivity contribution in [2.24, 2.45) is 10.9 Å². The van der Waals surface area contributed by atoms with Crippen LogP contribution in [0, 0.1) is 5.92 Å². The van der Waals surface area contributed by atoms with Crippen LogP contribution in [0.25, 0.3) is 0 Å². The first-order valence-corrected chi connectivity index (χ1v) is 7.53. The molecule has 2 rings (SSSR count). The van der Waals surface area contributed by atoms with Gasteiger partial charge in [-0.05, 0) is 29.6 Å². The number of aliphatic imine (C=N–C) groups is 1. The Morgan fingerprint density at radius 2 is 1.96 bits per heavy atom. The number of benzene rings is 1. The highest BCUT2D eigenvalue weighted by molar-refractivity contribution is 7.12. The lowest BCUT2D eigenvalue weighted by atomic mass is 9.98. The van der Waals surface area contributed by atoms with E-state index in [0.29, 0.717) is 11.2 Å². The first kappa shape index (κ1) is 17.4. The largest absolute Gasteiger partial charge is 0.451 e. The Balaban J connectivity index is 2.34. The summed E-state index contributed by atoms with van der Waals surface area (Å²) >= 11 is 6.71. The zero-order chi connectivity index (χ0) is 17.0. The number of rotatable bonds is 5. The summed E-state index contributed by atoms with van der Waals surface area (Å²) in [6, 6.07) is 8.89. The van der Waals surface area contributed by atoms with Crippen molar-refractivity contribution in [3.05, 3.63) is 51.7 Å². The number of halogens is 4. The standard InChI is InChI=1S/C15H9ClF3NO2S/c16-9-3-1-4-10(7-9)20-8-11(14(22)15(17,18)19)13(21)12-5-2-6-23-12/h1-8,11H. The molecule has 0 N–H and O–H groups in total. The minimum absolute atomic E-state index is 0.0603. The van der Waals surface area contributed by atoms with E-state index in [0.717, 1.165) is 11.3 Å². The van der Waals surface area contributed by atoms with Crippen molar-refractivity contribution in [1.29, 1.82) is 0 Å². The molecule has 8 heteroatoms. The van der Waals surface area contributed by atoms with Crippen molar-refractivity contribution < 1.29 is 22.8 Å². The van der Waals surface area contributed by atoms with Gasteiger partial charge in [0.2, 0.25) is 0 Å². The van der Waals surface area contributed by atoms with Gasteiger partial charge in [-0.25, -0.2) is 0 Å². The second kappa shape index (κ2) is 7.06. The molecule has 120 valence electrons. The molecule has 2 aromatic rings. The van der Waals surface area contributed by atoms with Crippen LogP contribution in [0.3, 0.4) is 0 Å². The number of hydrogen-bond donors (Lipinski definition) is 0. The zero-order valence-electron chi connectivity index (χ0n) is 11.4. The highest BCUT2D eigenvalue weighted by atomic mass is 35.5. The molecule has 1 aromatic carbocycles. The topological polar surface area (TPSA) is 46.5 Å². The van der Waals surface area contributed by atoms with Gasteiger partial charge in [0.15, 0.2) is 5.78 Å². The SMILES string of the molecule is O=C(c1cccs1)C(C=Nc1cccc(Cl)c1)C(=O)C(F)(F)F. The predicted molar refractivity (Wildman–Crippen MR) is 82.8 cm³/mol. The van der Waals surface area contributed by atoms with Gasteiger partial charge in [0.05, 0.1) is 10.6 Å². The van der Waals surface area contributed by atoms with E-state index in [2.05, 4.69) is 4.99 Å². The molecule has 0 saturated heterocycles. The molecule has 0 aliphatic carbocycles. The quantitative estimate of drug-likeness (QED) is 0.440. The normalized spacial score (nSPS) is 13.2. The van der Waals surface area contributed by atoms with Gasteiger partial charge in [-0.2, -0.15) is 13.2 Å². The molecule has 0 amide bonds. The van der Waals surface area contributed by atoms with E-state index in [1.165, 1.54) is 29.6 Å². The lowest BCUT2D eigenvalue weighted by molar-refractivity contribution is -0.171. The van der Waals surface area contributed by atoms with E-state index < -0.39 is 23.7 Å². The number of ketones is 2. The first-order valence-electron chi connectivity index (χ1n) is 6.27. The van der Waals surface area contributed by atoms with E-state index in [9.17, 15) is 22.8 Å². The van der Waals surface area contributed by atoms with E-state index in [4.69, 9.17) is 11.6 Å². The second-order valence-corrected chi connectivity index (χ2v) is 5.82. The Kier molecular flexibility index (Phi) is 5.33. The number of Topliss-reactive ketones (excluding diaryl/α,β-unsaturated/α-hetero) is 2. The third-order valence-electron chi connectivity index (χ3n) is 2.79. The van der Waals surface area contributed by atoms with E-state index in [1.807, 2.05) is 0 Å². The number of carbonyl (C=O) groups is 2. The van der Waals surface area contributed by atoms with Crippen LogP contribution >= 0.6 is 22.9 Å². The van der Waals surface area contributed by atoms with Crippen LogP contribution < -0.4 is 0 Å². The summed E-state index contributed by atoms with van der Waals surface area (Å²) in [6.45, 7) is 0. The zero-order valence-corrected chi connectivity index (χ0v) is 13.0. The molecule has 0 saturated carbocycles. The van der Waals surface area contributed by atoms with Crippen LogP contribution in [0.2, 0.25) is 5.02 Å². The average Bonchev–Trinajstić information content (AvgIpc) is 3.00. The Bertz CT molecular complexity index is 741. The van der Waals surface area contributed by atoms with Crippen LogP contribution in [0.15, 0.2) is 46.8 Å². The van der Waals surface area contributed by atoms with Gasteiger partial charge in [0.25, 0.3) is 5.78 Å². The van der Waals surface area contributed by atoms with Crippen molar-refractivity contribution >= 4 is 46.4 Å². The highest BCUT2D eigenvalue weighted by Gasteiger charge is 2.45. The molecule has 1 heterocycles. The molecule has 0 aliphatic rings. The Morgan fingerprint density at radius 1 is 1.22 bits per heavy atom. The monoisotopic (exact) mass is 359 g/mol. The van der Waals surface area contributed by atoms with Gasteiger partial charge in [0, 0.05) is 11.2 Å². The van der Waals surface area contributed by atoms with Gasteiger partial charge >= 0.3 is 6.18 Å².